The van der Waals surface area contributed by atoms with E-state index in [2.05, 4.69) is 47.7 Å². The highest BCUT2D eigenvalue weighted by Gasteiger charge is 2.41. The first-order valence-electron chi connectivity index (χ1n) is 8.49. The van der Waals surface area contributed by atoms with Gasteiger partial charge in [0.25, 0.3) is 0 Å². The second-order valence-electron chi connectivity index (χ2n) is 6.43. The Kier molecular flexibility index (Phi) is 7.16. The van der Waals surface area contributed by atoms with E-state index >= 15 is 0 Å². The molecule has 2 fully saturated rings. The van der Waals surface area contributed by atoms with Gasteiger partial charge >= 0.3 is 0 Å². The molecule has 2 bridgehead atoms. The van der Waals surface area contributed by atoms with Crippen LogP contribution in [0.4, 0.5) is 0 Å². The average molecular weight is 445 g/mol. The molecule has 0 amide bonds. The Balaban J connectivity index is 0.00000208. The first kappa shape index (κ1) is 19.3. The number of rotatable bonds is 5. The number of hydrogen-bond acceptors (Lipinski definition) is 3. The summed E-state index contributed by atoms with van der Waals surface area (Å²) in [5.74, 6) is 1.81. The Labute approximate surface area is 161 Å². The Morgan fingerprint density at radius 1 is 1.29 bits per heavy atom. The van der Waals surface area contributed by atoms with Crippen LogP contribution in [0.5, 0.6) is 5.75 Å². The van der Waals surface area contributed by atoms with Gasteiger partial charge in [0.05, 0.1) is 24.8 Å². The molecule has 2 heterocycles. The van der Waals surface area contributed by atoms with Crippen molar-refractivity contribution in [2.45, 2.75) is 51.4 Å². The van der Waals surface area contributed by atoms with Crippen LogP contribution in [0.15, 0.2) is 23.2 Å². The fourth-order valence-electron chi connectivity index (χ4n) is 3.51. The molecule has 2 saturated heterocycles. The van der Waals surface area contributed by atoms with Gasteiger partial charge in [0.1, 0.15) is 12.4 Å². The van der Waals surface area contributed by atoms with Crippen molar-refractivity contribution in [2.24, 2.45) is 4.99 Å². The topological polar surface area (TPSA) is 54.9 Å². The van der Waals surface area contributed by atoms with Crippen molar-refractivity contribution in [1.82, 2.24) is 10.6 Å². The molecule has 0 radical (unpaired) electrons. The predicted molar refractivity (Wildman–Crippen MR) is 108 cm³/mol. The number of nitrogens with zero attached hydrogens (tertiary/aromatic N) is 1. The van der Waals surface area contributed by atoms with Crippen molar-refractivity contribution < 1.29 is 9.47 Å². The molecule has 0 spiro atoms. The molecular formula is C18H28IN3O2. The number of guanidine groups is 1. The Bertz CT molecular complexity index is 559. The van der Waals surface area contributed by atoms with Gasteiger partial charge in [-0.3, -0.25) is 4.99 Å². The van der Waals surface area contributed by atoms with Crippen LogP contribution in [-0.4, -0.2) is 44.4 Å². The number of aliphatic imine (C=N–C) groups is 1. The van der Waals surface area contributed by atoms with E-state index in [4.69, 9.17) is 9.47 Å². The summed E-state index contributed by atoms with van der Waals surface area (Å²) in [5, 5.41) is 6.80. The normalized spacial score (nSPS) is 25.3. The fraction of sp³-hybridized carbons (Fsp3) is 0.611. The first-order valence-corrected chi connectivity index (χ1v) is 8.49. The SMILES string of the molecule is CN=C(NCCOc1c(C)cccc1C)NC1CC2CCC1O2.I. The summed E-state index contributed by atoms with van der Waals surface area (Å²) in [5.41, 5.74) is 2.35. The molecule has 6 heteroatoms. The lowest BCUT2D eigenvalue weighted by Gasteiger charge is -2.22. The van der Waals surface area contributed by atoms with Crippen molar-refractivity contribution >= 4 is 29.9 Å². The molecule has 1 aromatic rings. The van der Waals surface area contributed by atoms with Crippen LogP contribution in [-0.2, 0) is 4.74 Å². The molecule has 24 heavy (non-hydrogen) atoms. The van der Waals surface area contributed by atoms with Gasteiger partial charge in [-0.15, -0.1) is 24.0 Å². The van der Waals surface area contributed by atoms with Crippen LogP contribution >= 0.6 is 24.0 Å². The maximum atomic E-state index is 5.91. The predicted octanol–water partition coefficient (Wildman–Crippen LogP) is 2.79. The number of halogens is 1. The molecule has 3 atom stereocenters. The van der Waals surface area contributed by atoms with Crippen LogP contribution in [0.1, 0.15) is 30.4 Å². The summed E-state index contributed by atoms with van der Waals surface area (Å²) in [7, 11) is 1.80. The minimum absolute atomic E-state index is 0. The van der Waals surface area contributed by atoms with Gasteiger partial charge in [-0.1, -0.05) is 18.2 Å². The summed E-state index contributed by atoms with van der Waals surface area (Å²) < 4.78 is 11.8. The van der Waals surface area contributed by atoms with Gasteiger partial charge in [0.15, 0.2) is 5.96 Å². The van der Waals surface area contributed by atoms with Crippen LogP contribution in [0.25, 0.3) is 0 Å². The fourth-order valence-corrected chi connectivity index (χ4v) is 3.51. The largest absolute Gasteiger partial charge is 0.491 e. The first-order chi connectivity index (χ1) is 11.2. The Morgan fingerprint density at radius 2 is 2.04 bits per heavy atom. The number of aryl methyl sites for hydroxylation is 2. The van der Waals surface area contributed by atoms with E-state index in [0.717, 1.165) is 31.1 Å². The zero-order chi connectivity index (χ0) is 16.2. The van der Waals surface area contributed by atoms with E-state index in [9.17, 15) is 0 Å². The minimum atomic E-state index is 0. The Morgan fingerprint density at radius 3 is 2.62 bits per heavy atom. The van der Waals surface area contributed by atoms with Gasteiger partial charge in [0.2, 0.25) is 0 Å². The maximum Gasteiger partial charge on any atom is 0.191 e. The Hall–Kier alpha value is -1.02. The van der Waals surface area contributed by atoms with Crippen LogP contribution in [0, 0.1) is 13.8 Å². The number of ether oxygens (including phenoxy) is 2. The molecule has 2 aliphatic rings. The van der Waals surface area contributed by atoms with Crippen molar-refractivity contribution in [3.8, 4) is 5.75 Å². The average Bonchev–Trinajstić information content (AvgIpc) is 3.15. The number of fused-ring (bicyclic) bond motifs is 2. The second-order valence-corrected chi connectivity index (χ2v) is 6.43. The number of nitrogens with one attached hydrogen (secondary N) is 2. The molecule has 2 N–H and O–H groups in total. The number of benzene rings is 1. The summed E-state index contributed by atoms with van der Waals surface area (Å²) >= 11 is 0. The molecule has 2 aliphatic heterocycles. The summed E-state index contributed by atoms with van der Waals surface area (Å²) in [6.45, 7) is 5.48. The zero-order valence-corrected chi connectivity index (χ0v) is 17.0. The lowest BCUT2D eigenvalue weighted by atomic mass is 9.96. The molecule has 0 aromatic heterocycles. The number of para-hydroxylation sites is 1. The summed E-state index contributed by atoms with van der Waals surface area (Å²) in [6.07, 6.45) is 4.25. The molecule has 5 nitrogen and oxygen atoms in total. The standard InChI is InChI=1S/C18H27N3O2.HI/c1-12-5-4-6-13(2)17(12)22-10-9-20-18(19-3)21-15-11-14-7-8-16(15)23-14;/h4-6,14-16H,7-11H2,1-3H3,(H2,19,20,21);1H. The molecule has 134 valence electrons. The molecule has 0 saturated carbocycles. The molecule has 1 aromatic carbocycles. The zero-order valence-electron chi connectivity index (χ0n) is 14.7. The van der Waals surface area contributed by atoms with Crippen LogP contribution in [0.3, 0.4) is 0 Å². The minimum Gasteiger partial charge on any atom is -0.491 e. The van der Waals surface area contributed by atoms with Crippen molar-refractivity contribution in [1.29, 1.82) is 0 Å². The number of hydrogen-bond donors (Lipinski definition) is 2. The quantitative estimate of drug-likeness (QED) is 0.317. The lowest BCUT2D eigenvalue weighted by Crippen LogP contribution is -2.48. The van der Waals surface area contributed by atoms with E-state index in [1.54, 1.807) is 7.05 Å². The third-order valence-electron chi connectivity index (χ3n) is 4.70. The lowest BCUT2D eigenvalue weighted by molar-refractivity contribution is 0.0992. The van der Waals surface area contributed by atoms with E-state index in [0.29, 0.717) is 24.9 Å². The molecule has 3 rings (SSSR count). The molecule has 0 aliphatic carbocycles. The van der Waals surface area contributed by atoms with Crippen molar-refractivity contribution in [3.63, 3.8) is 0 Å². The highest BCUT2D eigenvalue weighted by molar-refractivity contribution is 14.0. The third-order valence-corrected chi connectivity index (χ3v) is 4.70. The van der Waals surface area contributed by atoms with Gasteiger partial charge in [0, 0.05) is 7.05 Å². The van der Waals surface area contributed by atoms with Gasteiger partial charge < -0.3 is 20.1 Å². The highest BCUT2D eigenvalue weighted by atomic mass is 127. The second kappa shape index (κ2) is 8.89. The van der Waals surface area contributed by atoms with Crippen molar-refractivity contribution in [2.75, 3.05) is 20.2 Å². The van der Waals surface area contributed by atoms with Crippen molar-refractivity contribution in [3.05, 3.63) is 29.3 Å². The molecular weight excluding hydrogens is 417 g/mol. The van der Waals surface area contributed by atoms with Crippen LogP contribution < -0.4 is 15.4 Å². The van der Waals surface area contributed by atoms with E-state index in [1.807, 2.05) is 0 Å². The van der Waals surface area contributed by atoms with Crippen LogP contribution in [0.2, 0.25) is 0 Å². The summed E-state index contributed by atoms with van der Waals surface area (Å²) in [4.78, 5) is 4.30. The van der Waals surface area contributed by atoms with E-state index in [-0.39, 0.29) is 24.0 Å². The van der Waals surface area contributed by atoms with Gasteiger partial charge in [-0.05, 0) is 44.2 Å². The summed E-state index contributed by atoms with van der Waals surface area (Å²) in [6, 6.07) is 6.59. The maximum absolute atomic E-state index is 5.91. The smallest absolute Gasteiger partial charge is 0.191 e. The van der Waals surface area contributed by atoms with Gasteiger partial charge in [-0.25, -0.2) is 0 Å². The molecule has 3 unspecified atom stereocenters. The highest BCUT2D eigenvalue weighted by Crippen LogP contribution is 2.34. The van der Waals surface area contributed by atoms with Gasteiger partial charge in [-0.2, -0.15) is 0 Å². The van der Waals surface area contributed by atoms with E-state index in [1.165, 1.54) is 17.5 Å². The third kappa shape index (κ3) is 4.53. The monoisotopic (exact) mass is 445 g/mol. The van der Waals surface area contributed by atoms with E-state index < -0.39 is 0 Å².